The van der Waals surface area contributed by atoms with Crippen molar-refractivity contribution < 1.29 is 9.53 Å². The summed E-state index contributed by atoms with van der Waals surface area (Å²) in [4.78, 5) is 11.7. The van der Waals surface area contributed by atoms with Crippen molar-refractivity contribution in [3.8, 4) is 5.75 Å². The van der Waals surface area contributed by atoms with E-state index >= 15 is 0 Å². The summed E-state index contributed by atoms with van der Waals surface area (Å²) in [6.07, 6.45) is 0.138. The molecule has 0 radical (unpaired) electrons. The summed E-state index contributed by atoms with van der Waals surface area (Å²) >= 11 is 0. The van der Waals surface area contributed by atoms with Crippen molar-refractivity contribution in [2.45, 2.75) is 46.3 Å². The van der Waals surface area contributed by atoms with Crippen molar-refractivity contribution in [1.82, 2.24) is 5.32 Å². The molecule has 0 aliphatic carbocycles. The van der Waals surface area contributed by atoms with Crippen LogP contribution < -0.4 is 15.4 Å². The molecule has 0 atom stereocenters. The molecule has 4 heteroatoms. The molecule has 0 heterocycles. The van der Waals surface area contributed by atoms with Crippen LogP contribution in [0.1, 0.15) is 34.6 Å². The lowest BCUT2D eigenvalue weighted by atomic mass is 10.1. The molecule has 1 aromatic rings. The van der Waals surface area contributed by atoms with Crippen molar-refractivity contribution in [2.75, 3.05) is 11.9 Å². The first-order valence-corrected chi connectivity index (χ1v) is 6.58. The zero-order valence-electron chi connectivity index (χ0n) is 12.4. The van der Waals surface area contributed by atoms with E-state index in [4.69, 9.17) is 4.74 Å². The quantitative estimate of drug-likeness (QED) is 0.859. The molecule has 1 rings (SSSR count). The molecule has 0 aliphatic heterocycles. The van der Waals surface area contributed by atoms with Gasteiger partial charge in [-0.15, -0.1) is 0 Å². The van der Waals surface area contributed by atoms with Gasteiger partial charge in [0.05, 0.1) is 12.6 Å². The number of nitrogens with one attached hydrogen (secondary N) is 2. The number of anilines is 1. The molecule has 2 N–H and O–H groups in total. The maximum absolute atomic E-state index is 11.7. The van der Waals surface area contributed by atoms with Crippen molar-refractivity contribution in [2.24, 2.45) is 0 Å². The summed E-state index contributed by atoms with van der Waals surface area (Å²) in [5, 5.41) is 5.99. The van der Waals surface area contributed by atoms with Gasteiger partial charge in [-0.05, 0) is 46.8 Å². The van der Waals surface area contributed by atoms with Gasteiger partial charge >= 0.3 is 0 Å². The number of ether oxygens (including phenoxy) is 1. The van der Waals surface area contributed by atoms with E-state index in [-0.39, 0.29) is 24.1 Å². The van der Waals surface area contributed by atoms with E-state index in [9.17, 15) is 4.79 Å². The average molecular weight is 264 g/mol. The Morgan fingerprint density at radius 2 is 2.00 bits per heavy atom. The highest BCUT2D eigenvalue weighted by molar-refractivity contribution is 5.81. The third kappa shape index (κ3) is 6.70. The Kier molecular flexibility index (Phi) is 5.21. The van der Waals surface area contributed by atoms with Crippen LogP contribution in [0, 0.1) is 0 Å². The molecule has 1 aromatic carbocycles. The van der Waals surface area contributed by atoms with Crippen LogP contribution in [0.5, 0.6) is 5.75 Å². The van der Waals surface area contributed by atoms with E-state index in [0.29, 0.717) is 0 Å². The highest BCUT2D eigenvalue weighted by Crippen LogP contribution is 2.18. The molecular formula is C15H24N2O2. The van der Waals surface area contributed by atoms with Crippen LogP contribution in [0.15, 0.2) is 24.3 Å². The minimum absolute atomic E-state index is 0.0253. The molecule has 106 valence electrons. The van der Waals surface area contributed by atoms with Crippen LogP contribution in [0.4, 0.5) is 5.69 Å². The van der Waals surface area contributed by atoms with Gasteiger partial charge in [0.25, 0.3) is 0 Å². The summed E-state index contributed by atoms with van der Waals surface area (Å²) in [6, 6.07) is 7.62. The molecule has 0 bridgehead atoms. The van der Waals surface area contributed by atoms with E-state index < -0.39 is 0 Å². The van der Waals surface area contributed by atoms with Gasteiger partial charge < -0.3 is 15.4 Å². The summed E-state index contributed by atoms with van der Waals surface area (Å²) in [6.45, 7) is 10.1. The number of carbonyl (C=O) groups excluding carboxylic acids is 1. The number of benzene rings is 1. The van der Waals surface area contributed by atoms with Gasteiger partial charge in [-0.3, -0.25) is 4.79 Å². The molecule has 0 unspecified atom stereocenters. The van der Waals surface area contributed by atoms with Crippen LogP contribution in [0.2, 0.25) is 0 Å². The van der Waals surface area contributed by atoms with Crippen molar-refractivity contribution >= 4 is 11.6 Å². The van der Waals surface area contributed by atoms with Gasteiger partial charge in [0.2, 0.25) is 5.91 Å². The number of hydrogen-bond acceptors (Lipinski definition) is 3. The van der Waals surface area contributed by atoms with Gasteiger partial charge in [-0.2, -0.15) is 0 Å². The van der Waals surface area contributed by atoms with Gasteiger partial charge in [0, 0.05) is 17.3 Å². The number of carbonyl (C=O) groups is 1. The van der Waals surface area contributed by atoms with Gasteiger partial charge in [-0.25, -0.2) is 0 Å². The fourth-order valence-corrected chi connectivity index (χ4v) is 1.60. The lowest BCUT2D eigenvalue weighted by molar-refractivity contribution is -0.120. The number of rotatable bonds is 5. The maximum Gasteiger partial charge on any atom is 0.239 e. The lowest BCUT2D eigenvalue weighted by Gasteiger charge is -2.20. The van der Waals surface area contributed by atoms with Crippen LogP contribution in [0.3, 0.4) is 0 Å². The molecule has 0 aliphatic rings. The van der Waals surface area contributed by atoms with Crippen LogP contribution >= 0.6 is 0 Å². The highest BCUT2D eigenvalue weighted by Gasteiger charge is 2.13. The number of amides is 1. The van der Waals surface area contributed by atoms with Gasteiger partial charge in [0.1, 0.15) is 5.75 Å². The summed E-state index contributed by atoms with van der Waals surface area (Å²) in [7, 11) is 0. The first-order chi connectivity index (χ1) is 8.76. The Morgan fingerprint density at radius 3 is 2.58 bits per heavy atom. The fourth-order valence-electron chi connectivity index (χ4n) is 1.60. The zero-order chi connectivity index (χ0) is 14.5. The monoisotopic (exact) mass is 264 g/mol. The van der Waals surface area contributed by atoms with Crippen LogP contribution in [-0.2, 0) is 4.79 Å². The average Bonchev–Trinajstić information content (AvgIpc) is 2.23. The van der Waals surface area contributed by atoms with Crippen molar-refractivity contribution in [3.63, 3.8) is 0 Å². The van der Waals surface area contributed by atoms with Crippen LogP contribution in [-0.4, -0.2) is 24.1 Å². The lowest BCUT2D eigenvalue weighted by Crippen LogP contribution is -2.43. The molecular weight excluding hydrogens is 240 g/mol. The third-order valence-electron chi connectivity index (χ3n) is 2.17. The molecule has 19 heavy (non-hydrogen) atoms. The fraction of sp³-hybridized carbons (Fsp3) is 0.533. The normalized spacial score (nSPS) is 11.3. The summed E-state index contributed by atoms with van der Waals surface area (Å²) < 4.78 is 5.60. The molecule has 4 nitrogen and oxygen atoms in total. The van der Waals surface area contributed by atoms with Crippen LogP contribution in [0.25, 0.3) is 0 Å². The maximum atomic E-state index is 11.7. The zero-order valence-corrected chi connectivity index (χ0v) is 12.4. The first kappa shape index (κ1) is 15.3. The Morgan fingerprint density at radius 1 is 1.32 bits per heavy atom. The van der Waals surface area contributed by atoms with Crippen molar-refractivity contribution in [1.29, 1.82) is 0 Å². The standard InChI is InChI=1S/C15H24N2O2/c1-11(2)19-13-8-6-7-12(9-13)16-10-14(18)17-15(3,4)5/h6-9,11,16H,10H2,1-5H3,(H,17,18). The van der Waals surface area contributed by atoms with Gasteiger partial charge in [-0.1, -0.05) is 6.07 Å². The van der Waals surface area contributed by atoms with E-state index in [1.165, 1.54) is 0 Å². The highest BCUT2D eigenvalue weighted by atomic mass is 16.5. The molecule has 0 fully saturated rings. The number of hydrogen-bond donors (Lipinski definition) is 2. The second-order valence-corrected chi connectivity index (χ2v) is 5.85. The molecule has 0 spiro atoms. The molecule has 0 saturated carbocycles. The molecule has 1 amide bonds. The van der Waals surface area contributed by atoms with E-state index in [1.54, 1.807) is 0 Å². The predicted octanol–water partition coefficient (Wildman–Crippen LogP) is 2.80. The Labute approximate surface area is 115 Å². The van der Waals surface area contributed by atoms with E-state index in [2.05, 4.69) is 10.6 Å². The Bertz CT molecular complexity index is 422. The minimum Gasteiger partial charge on any atom is -0.491 e. The smallest absolute Gasteiger partial charge is 0.239 e. The van der Waals surface area contributed by atoms with E-state index in [1.807, 2.05) is 58.9 Å². The van der Waals surface area contributed by atoms with Crippen molar-refractivity contribution in [3.05, 3.63) is 24.3 Å². The van der Waals surface area contributed by atoms with E-state index in [0.717, 1.165) is 11.4 Å². The van der Waals surface area contributed by atoms with Gasteiger partial charge in [0.15, 0.2) is 0 Å². The second-order valence-electron chi connectivity index (χ2n) is 5.85. The Balaban J connectivity index is 2.51. The second kappa shape index (κ2) is 6.45. The third-order valence-corrected chi connectivity index (χ3v) is 2.17. The largest absolute Gasteiger partial charge is 0.491 e. The Hall–Kier alpha value is -1.71. The minimum atomic E-state index is -0.207. The SMILES string of the molecule is CC(C)Oc1cccc(NCC(=O)NC(C)(C)C)c1. The summed E-state index contributed by atoms with van der Waals surface area (Å²) in [5.74, 6) is 0.777. The predicted molar refractivity (Wildman–Crippen MR) is 78.6 cm³/mol. The summed E-state index contributed by atoms with van der Waals surface area (Å²) in [5.41, 5.74) is 0.670. The first-order valence-electron chi connectivity index (χ1n) is 6.58. The molecule has 0 aromatic heterocycles. The topological polar surface area (TPSA) is 50.4 Å². The molecule has 0 saturated heterocycles.